The second-order valence-corrected chi connectivity index (χ2v) is 3.87. The fourth-order valence-corrected chi connectivity index (χ4v) is 2.21. The van der Waals surface area contributed by atoms with E-state index in [-0.39, 0.29) is 5.92 Å². The van der Waals surface area contributed by atoms with E-state index in [1.807, 2.05) is 0 Å². The van der Waals surface area contributed by atoms with Crippen molar-refractivity contribution in [2.24, 2.45) is 11.8 Å². The highest BCUT2D eigenvalue weighted by atomic mass is 16.4. The Morgan fingerprint density at radius 2 is 2.08 bits per heavy atom. The second kappa shape index (κ2) is 5.05. The van der Waals surface area contributed by atoms with Crippen LogP contribution in [-0.4, -0.2) is 11.1 Å². The number of carboxylic acids is 1. The number of allylic oxidation sites excluding steroid dienone is 1. The lowest BCUT2D eigenvalue weighted by molar-refractivity contribution is -0.144. The molecule has 0 aromatic carbocycles. The van der Waals surface area contributed by atoms with Gasteiger partial charge in [-0.1, -0.05) is 25.3 Å². The van der Waals surface area contributed by atoms with Gasteiger partial charge < -0.3 is 5.11 Å². The first-order valence-corrected chi connectivity index (χ1v) is 5.09. The molecule has 0 unspecified atom stereocenters. The molecule has 0 aromatic rings. The molecule has 1 saturated carbocycles. The van der Waals surface area contributed by atoms with E-state index in [1.54, 1.807) is 6.08 Å². The minimum atomic E-state index is -0.646. The second-order valence-electron chi connectivity index (χ2n) is 3.87. The van der Waals surface area contributed by atoms with Gasteiger partial charge in [0.15, 0.2) is 0 Å². The van der Waals surface area contributed by atoms with Crippen molar-refractivity contribution in [2.75, 3.05) is 0 Å². The standard InChI is InChI=1S/C11H18O2/c1-2-6-10(11(12)13)9-7-4-3-5-8-9/h2,9-10H,1,3-8H2,(H,12,13)/t10-/m1/s1. The monoisotopic (exact) mass is 182 g/mol. The average molecular weight is 182 g/mol. The van der Waals surface area contributed by atoms with Gasteiger partial charge in [0.25, 0.3) is 0 Å². The first kappa shape index (κ1) is 10.3. The van der Waals surface area contributed by atoms with Crippen LogP contribution in [0.25, 0.3) is 0 Å². The zero-order valence-electron chi connectivity index (χ0n) is 8.04. The largest absolute Gasteiger partial charge is 0.481 e. The molecular weight excluding hydrogens is 164 g/mol. The molecule has 0 radical (unpaired) electrons. The Labute approximate surface area is 79.6 Å². The van der Waals surface area contributed by atoms with Crippen LogP contribution >= 0.6 is 0 Å². The molecule has 13 heavy (non-hydrogen) atoms. The van der Waals surface area contributed by atoms with Crippen LogP contribution in [0.4, 0.5) is 0 Å². The zero-order valence-corrected chi connectivity index (χ0v) is 8.04. The van der Waals surface area contributed by atoms with Crippen LogP contribution in [0.3, 0.4) is 0 Å². The summed E-state index contributed by atoms with van der Waals surface area (Å²) in [5, 5.41) is 9.01. The number of hydrogen-bond acceptors (Lipinski definition) is 1. The summed E-state index contributed by atoms with van der Waals surface area (Å²) < 4.78 is 0. The van der Waals surface area contributed by atoms with Crippen molar-refractivity contribution < 1.29 is 9.90 Å². The smallest absolute Gasteiger partial charge is 0.307 e. The van der Waals surface area contributed by atoms with E-state index in [1.165, 1.54) is 19.3 Å². The van der Waals surface area contributed by atoms with Gasteiger partial charge in [0.2, 0.25) is 0 Å². The van der Waals surface area contributed by atoms with Gasteiger partial charge in [0.1, 0.15) is 0 Å². The highest BCUT2D eigenvalue weighted by molar-refractivity contribution is 5.70. The minimum Gasteiger partial charge on any atom is -0.481 e. The van der Waals surface area contributed by atoms with Crippen LogP contribution in [-0.2, 0) is 4.79 Å². The van der Waals surface area contributed by atoms with E-state index < -0.39 is 5.97 Å². The maximum absolute atomic E-state index is 10.9. The Morgan fingerprint density at radius 1 is 1.46 bits per heavy atom. The molecule has 74 valence electrons. The molecule has 0 saturated heterocycles. The molecule has 1 atom stereocenters. The van der Waals surface area contributed by atoms with E-state index in [2.05, 4.69) is 6.58 Å². The van der Waals surface area contributed by atoms with Crippen LogP contribution < -0.4 is 0 Å². The molecule has 1 fully saturated rings. The fraction of sp³-hybridized carbons (Fsp3) is 0.727. The molecule has 0 heterocycles. The Morgan fingerprint density at radius 3 is 2.54 bits per heavy atom. The molecule has 0 aromatic heterocycles. The van der Waals surface area contributed by atoms with Gasteiger partial charge in [-0.3, -0.25) is 4.79 Å². The Hall–Kier alpha value is -0.790. The predicted molar refractivity (Wildman–Crippen MR) is 52.5 cm³/mol. The van der Waals surface area contributed by atoms with Crippen molar-refractivity contribution in [3.8, 4) is 0 Å². The summed E-state index contributed by atoms with van der Waals surface area (Å²) in [5.41, 5.74) is 0. The summed E-state index contributed by atoms with van der Waals surface area (Å²) in [6, 6.07) is 0. The fourth-order valence-electron chi connectivity index (χ4n) is 2.21. The van der Waals surface area contributed by atoms with Gasteiger partial charge in [0, 0.05) is 0 Å². The third kappa shape index (κ3) is 2.87. The zero-order chi connectivity index (χ0) is 9.68. The Kier molecular flexibility index (Phi) is 4.00. The molecule has 1 aliphatic carbocycles. The average Bonchev–Trinajstić information content (AvgIpc) is 2.15. The molecule has 2 nitrogen and oxygen atoms in total. The summed E-state index contributed by atoms with van der Waals surface area (Å²) in [6.07, 6.45) is 8.21. The summed E-state index contributed by atoms with van der Waals surface area (Å²) in [6.45, 7) is 3.61. The van der Waals surface area contributed by atoms with E-state index in [9.17, 15) is 4.79 Å². The number of hydrogen-bond donors (Lipinski definition) is 1. The third-order valence-corrected chi connectivity index (χ3v) is 2.96. The van der Waals surface area contributed by atoms with Gasteiger partial charge in [-0.2, -0.15) is 0 Å². The maximum atomic E-state index is 10.9. The van der Waals surface area contributed by atoms with Crippen LogP contribution in [0.5, 0.6) is 0 Å². The number of aliphatic carboxylic acids is 1. The van der Waals surface area contributed by atoms with Crippen LogP contribution in [0, 0.1) is 11.8 Å². The van der Waals surface area contributed by atoms with E-state index in [4.69, 9.17) is 5.11 Å². The summed E-state index contributed by atoms with van der Waals surface area (Å²) in [7, 11) is 0. The van der Waals surface area contributed by atoms with Crippen LogP contribution in [0.2, 0.25) is 0 Å². The van der Waals surface area contributed by atoms with Crippen molar-refractivity contribution in [1.82, 2.24) is 0 Å². The molecule has 0 amide bonds. The highest BCUT2D eigenvalue weighted by Crippen LogP contribution is 2.31. The minimum absolute atomic E-state index is 0.183. The molecule has 1 aliphatic rings. The highest BCUT2D eigenvalue weighted by Gasteiger charge is 2.27. The lowest BCUT2D eigenvalue weighted by atomic mass is 9.78. The molecule has 1 N–H and O–H groups in total. The van der Waals surface area contributed by atoms with Gasteiger partial charge in [0.05, 0.1) is 5.92 Å². The van der Waals surface area contributed by atoms with E-state index in [0.717, 1.165) is 12.8 Å². The van der Waals surface area contributed by atoms with Crippen molar-refractivity contribution in [3.63, 3.8) is 0 Å². The van der Waals surface area contributed by atoms with Crippen molar-refractivity contribution in [2.45, 2.75) is 38.5 Å². The van der Waals surface area contributed by atoms with Gasteiger partial charge >= 0.3 is 5.97 Å². The first-order chi connectivity index (χ1) is 6.25. The maximum Gasteiger partial charge on any atom is 0.307 e. The van der Waals surface area contributed by atoms with Crippen molar-refractivity contribution in [3.05, 3.63) is 12.7 Å². The van der Waals surface area contributed by atoms with E-state index >= 15 is 0 Å². The summed E-state index contributed by atoms with van der Waals surface area (Å²) in [5.74, 6) is -0.436. The molecule has 0 bridgehead atoms. The van der Waals surface area contributed by atoms with Gasteiger partial charge in [-0.15, -0.1) is 6.58 Å². The number of rotatable bonds is 4. The predicted octanol–water partition coefficient (Wildman–Crippen LogP) is 2.84. The molecule has 2 heteroatoms. The van der Waals surface area contributed by atoms with Crippen LogP contribution in [0.1, 0.15) is 38.5 Å². The molecule has 0 aliphatic heterocycles. The SMILES string of the molecule is C=CC[C@@H](C(=O)O)C1CCCCC1. The van der Waals surface area contributed by atoms with Crippen molar-refractivity contribution >= 4 is 5.97 Å². The number of carbonyl (C=O) groups is 1. The van der Waals surface area contributed by atoms with E-state index in [0.29, 0.717) is 12.3 Å². The van der Waals surface area contributed by atoms with Gasteiger partial charge in [-0.05, 0) is 25.2 Å². The Bertz CT molecular complexity index is 181. The third-order valence-electron chi connectivity index (χ3n) is 2.96. The molecular formula is C11H18O2. The Balaban J connectivity index is 2.51. The lowest BCUT2D eigenvalue weighted by Crippen LogP contribution is -2.24. The summed E-state index contributed by atoms with van der Waals surface area (Å²) in [4.78, 5) is 10.9. The van der Waals surface area contributed by atoms with Gasteiger partial charge in [-0.25, -0.2) is 0 Å². The molecule has 1 rings (SSSR count). The summed E-state index contributed by atoms with van der Waals surface area (Å²) >= 11 is 0. The normalized spacial score (nSPS) is 20.9. The van der Waals surface area contributed by atoms with Crippen LogP contribution in [0.15, 0.2) is 12.7 Å². The topological polar surface area (TPSA) is 37.3 Å². The first-order valence-electron chi connectivity index (χ1n) is 5.09. The number of carboxylic acid groups (broad SMARTS) is 1. The lowest BCUT2D eigenvalue weighted by Gasteiger charge is -2.26. The van der Waals surface area contributed by atoms with Crippen molar-refractivity contribution in [1.29, 1.82) is 0 Å². The molecule has 0 spiro atoms. The quantitative estimate of drug-likeness (QED) is 0.679.